The molecule has 0 atom stereocenters. The number of ether oxygens (including phenoxy) is 1. The molecule has 2 aliphatic rings. The minimum absolute atomic E-state index is 0.0241. The van der Waals surface area contributed by atoms with Crippen LogP contribution in [0.4, 0.5) is 0 Å². The Morgan fingerprint density at radius 1 is 0.853 bits per heavy atom. The first kappa shape index (κ1) is 22.1. The topological polar surface area (TPSA) is 71.9 Å². The van der Waals surface area contributed by atoms with Crippen molar-refractivity contribution in [1.29, 1.82) is 0 Å². The first-order valence-corrected chi connectivity index (χ1v) is 11.6. The number of hydrogen-bond acceptors (Lipinski definition) is 4. The highest BCUT2D eigenvalue weighted by atomic mass is 16.5. The molecule has 3 heterocycles. The number of benzene rings is 2. The maximum atomic E-state index is 13.3. The van der Waals surface area contributed by atoms with Crippen molar-refractivity contribution in [2.75, 3.05) is 39.4 Å². The number of hydrogen-bond donors (Lipinski definition) is 0. The number of carbonyl (C=O) groups is 3. The lowest BCUT2D eigenvalue weighted by Gasteiger charge is -2.27. The van der Waals surface area contributed by atoms with Gasteiger partial charge >= 0.3 is 0 Å². The largest absolute Gasteiger partial charge is 0.378 e. The van der Waals surface area contributed by atoms with Gasteiger partial charge in [0.2, 0.25) is 5.91 Å². The lowest BCUT2D eigenvalue weighted by atomic mass is 9.99. The van der Waals surface area contributed by atoms with Crippen molar-refractivity contribution in [3.63, 3.8) is 0 Å². The molecule has 2 amide bonds. The molecule has 1 aromatic heterocycles. The highest BCUT2D eigenvalue weighted by Crippen LogP contribution is 2.25. The van der Waals surface area contributed by atoms with Gasteiger partial charge in [0, 0.05) is 43.3 Å². The maximum absolute atomic E-state index is 13.3. The summed E-state index contributed by atoms with van der Waals surface area (Å²) in [6, 6.07) is 17.5. The number of carbonyl (C=O) groups excluding carboxylic acids is 3. The van der Waals surface area contributed by atoms with Crippen LogP contribution in [0.3, 0.4) is 0 Å². The van der Waals surface area contributed by atoms with Crippen LogP contribution in [-0.4, -0.2) is 71.4 Å². The van der Waals surface area contributed by atoms with E-state index in [1.54, 1.807) is 20.6 Å². The number of amides is 2. The van der Waals surface area contributed by atoms with Gasteiger partial charge in [-0.25, -0.2) is 0 Å². The van der Waals surface area contributed by atoms with Crippen LogP contribution in [0.25, 0.3) is 16.5 Å². The van der Waals surface area contributed by atoms with E-state index in [-0.39, 0.29) is 12.5 Å². The van der Waals surface area contributed by atoms with Crippen LogP contribution < -0.4 is 0 Å². The molecule has 2 aliphatic heterocycles. The first-order valence-electron chi connectivity index (χ1n) is 11.6. The number of ketones is 1. The summed E-state index contributed by atoms with van der Waals surface area (Å²) in [6.45, 7) is 3.22. The Bertz CT molecular complexity index is 1260. The van der Waals surface area contributed by atoms with Gasteiger partial charge in [-0.2, -0.15) is 0 Å². The molecule has 0 unspecified atom stereocenters. The van der Waals surface area contributed by atoms with Crippen LogP contribution >= 0.6 is 0 Å². The van der Waals surface area contributed by atoms with E-state index in [0.717, 1.165) is 11.1 Å². The van der Waals surface area contributed by atoms with Gasteiger partial charge in [0.05, 0.1) is 18.8 Å². The quantitative estimate of drug-likeness (QED) is 0.436. The molecule has 0 saturated carbocycles. The summed E-state index contributed by atoms with van der Waals surface area (Å²) >= 11 is 0. The van der Waals surface area contributed by atoms with E-state index < -0.39 is 11.7 Å². The molecule has 0 N–H and O–H groups in total. The van der Waals surface area contributed by atoms with Crippen molar-refractivity contribution in [3.05, 3.63) is 78.0 Å². The van der Waals surface area contributed by atoms with E-state index in [9.17, 15) is 14.4 Å². The molecule has 34 heavy (non-hydrogen) atoms. The van der Waals surface area contributed by atoms with Gasteiger partial charge in [-0.15, -0.1) is 0 Å². The fraction of sp³-hybridized carbons (Fsp3) is 0.296. The number of aromatic nitrogens is 1. The van der Waals surface area contributed by atoms with Crippen molar-refractivity contribution >= 4 is 34.1 Å². The highest BCUT2D eigenvalue weighted by Gasteiger charge is 2.28. The van der Waals surface area contributed by atoms with E-state index in [1.807, 2.05) is 48.5 Å². The zero-order chi connectivity index (χ0) is 23.5. The minimum Gasteiger partial charge on any atom is -0.378 e. The third kappa shape index (κ3) is 4.39. The number of para-hydroxylation sites is 1. The van der Waals surface area contributed by atoms with Crippen molar-refractivity contribution in [2.24, 2.45) is 0 Å². The van der Waals surface area contributed by atoms with Crippen LogP contribution in [0.1, 0.15) is 22.3 Å². The number of Topliss-reactive ketones (excluding diaryl/α,β-unsaturated/α-hetero) is 1. The van der Waals surface area contributed by atoms with E-state index in [4.69, 9.17) is 4.74 Å². The van der Waals surface area contributed by atoms with Crippen molar-refractivity contribution < 1.29 is 19.1 Å². The Balaban J connectivity index is 1.34. The molecular formula is C27H27N3O4. The summed E-state index contributed by atoms with van der Waals surface area (Å²) in [4.78, 5) is 42.6. The van der Waals surface area contributed by atoms with Crippen LogP contribution in [0, 0.1) is 0 Å². The minimum atomic E-state index is -0.537. The van der Waals surface area contributed by atoms with Gasteiger partial charge in [0.25, 0.3) is 11.7 Å². The zero-order valence-corrected chi connectivity index (χ0v) is 19.0. The normalized spacial score (nSPS) is 16.4. The third-order valence-corrected chi connectivity index (χ3v) is 6.54. The summed E-state index contributed by atoms with van der Waals surface area (Å²) in [5.74, 6) is -1.07. The maximum Gasteiger partial charge on any atom is 0.295 e. The van der Waals surface area contributed by atoms with E-state index in [0.29, 0.717) is 56.8 Å². The van der Waals surface area contributed by atoms with Gasteiger partial charge in [0.1, 0.15) is 6.54 Å². The molecule has 7 nitrogen and oxygen atoms in total. The summed E-state index contributed by atoms with van der Waals surface area (Å²) in [5.41, 5.74) is 3.45. The molecule has 5 rings (SSSR count). The number of nitrogens with zero attached hydrogens (tertiary/aromatic N) is 3. The standard InChI is InChI=1S/C27H27N3O4/c31-25(28-14-16-34-17-15-28)19-30-18-23(22-8-4-5-9-24(22)30)26(32)27(33)29-12-10-21(11-13-29)20-6-2-1-3-7-20/h1-10,18H,11-17,19H2. The molecule has 0 aliphatic carbocycles. The first-order chi connectivity index (χ1) is 16.6. The molecule has 0 spiro atoms. The summed E-state index contributed by atoms with van der Waals surface area (Å²) < 4.78 is 7.11. The second kappa shape index (κ2) is 9.65. The molecular weight excluding hydrogens is 430 g/mol. The van der Waals surface area contributed by atoms with Crippen LogP contribution in [0.15, 0.2) is 66.9 Å². The molecule has 0 bridgehead atoms. The van der Waals surface area contributed by atoms with Gasteiger partial charge in [-0.3, -0.25) is 14.4 Å². The predicted molar refractivity (Wildman–Crippen MR) is 129 cm³/mol. The Labute approximate surface area is 198 Å². The van der Waals surface area contributed by atoms with Crippen LogP contribution in [-0.2, 0) is 20.9 Å². The molecule has 7 heteroatoms. The lowest BCUT2D eigenvalue weighted by Crippen LogP contribution is -2.42. The molecule has 0 radical (unpaired) electrons. The lowest BCUT2D eigenvalue weighted by molar-refractivity contribution is -0.135. The second-order valence-electron chi connectivity index (χ2n) is 8.61. The van der Waals surface area contributed by atoms with E-state index in [1.165, 1.54) is 5.57 Å². The molecule has 1 fully saturated rings. The smallest absolute Gasteiger partial charge is 0.295 e. The van der Waals surface area contributed by atoms with E-state index >= 15 is 0 Å². The number of morpholine rings is 1. The molecule has 3 aromatic rings. The van der Waals surface area contributed by atoms with Gasteiger partial charge in [-0.05, 0) is 23.6 Å². The van der Waals surface area contributed by atoms with E-state index in [2.05, 4.69) is 12.1 Å². The highest BCUT2D eigenvalue weighted by molar-refractivity contribution is 6.45. The fourth-order valence-electron chi connectivity index (χ4n) is 4.64. The van der Waals surface area contributed by atoms with Crippen LogP contribution in [0.5, 0.6) is 0 Å². The Morgan fingerprint density at radius 3 is 2.32 bits per heavy atom. The van der Waals surface area contributed by atoms with Crippen molar-refractivity contribution in [2.45, 2.75) is 13.0 Å². The third-order valence-electron chi connectivity index (χ3n) is 6.54. The van der Waals surface area contributed by atoms with Gasteiger partial charge in [0.15, 0.2) is 0 Å². The summed E-state index contributed by atoms with van der Waals surface area (Å²) in [5, 5.41) is 0.688. The predicted octanol–water partition coefficient (Wildman–Crippen LogP) is 3.00. The summed E-state index contributed by atoms with van der Waals surface area (Å²) in [6.07, 6.45) is 4.38. The average Bonchev–Trinajstić information content (AvgIpc) is 3.27. The SMILES string of the molecule is O=C(C(=O)N1CC=C(c2ccccc2)CC1)c1cn(CC(=O)N2CCOCC2)c2ccccc12. The number of rotatable bonds is 5. The Hall–Kier alpha value is -3.71. The second-order valence-corrected chi connectivity index (χ2v) is 8.61. The molecule has 174 valence electrons. The van der Waals surface area contributed by atoms with Gasteiger partial charge in [-0.1, -0.05) is 54.6 Å². The Kier molecular flexibility index (Phi) is 6.27. The van der Waals surface area contributed by atoms with Crippen molar-refractivity contribution in [3.8, 4) is 0 Å². The number of fused-ring (bicyclic) bond motifs is 1. The van der Waals surface area contributed by atoms with Crippen molar-refractivity contribution in [1.82, 2.24) is 14.4 Å². The average molecular weight is 458 g/mol. The molecule has 1 saturated heterocycles. The van der Waals surface area contributed by atoms with Gasteiger partial charge < -0.3 is 19.1 Å². The monoisotopic (exact) mass is 457 g/mol. The summed E-state index contributed by atoms with van der Waals surface area (Å²) in [7, 11) is 0. The zero-order valence-electron chi connectivity index (χ0n) is 19.0. The Morgan fingerprint density at radius 2 is 1.59 bits per heavy atom. The van der Waals surface area contributed by atoms with Crippen LogP contribution in [0.2, 0.25) is 0 Å². The molecule has 2 aromatic carbocycles. The fourth-order valence-corrected chi connectivity index (χ4v) is 4.64.